The van der Waals surface area contributed by atoms with E-state index < -0.39 is 0 Å². The standard InChI is InChI=1S/C12H26N2O/c1-9(2)14(6)11(15)10(8-13)7-12(3,4)5/h9-10H,7-8,13H2,1-6H3. The third-order valence-corrected chi connectivity index (χ3v) is 2.61. The van der Waals surface area contributed by atoms with E-state index in [4.69, 9.17) is 5.73 Å². The molecule has 0 heterocycles. The number of carbonyl (C=O) groups excluding carboxylic acids is 1. The summed E-state index contributed by atoms with van der Waals surface area (Å²) in [4.78, 5) is 13.8. The predicted molar refractivity (Wildman–Crippen MR) is 64.5 cm³/mol. The van der Waals surface area contributed by atoms with Crippen LogP contribution in [-0.4, -0.2) is 30.4 Å². The lowest BCUT2D eigenvalue weighted by Crippen LogP contribution is -2.41. The zero-order valence-electron chi connectivity index (χ0n) is 11.0. The molecular weight excluding hydrogens is 188 g/mol. The molecule has 2 N–H and O–H groups in total. The zero-order valence-corrected chi connectivity index (χ0v) is 11.0. The lowest BCUT2D eigenvalue weighted by Gasteiger charge is -2.30. The minimum Gasteiger partial charge on any atom is -0.343 e. The average molecular weight is 214 g/mol. The number of amides is 1. The Hall–Kier alpha value is -0.570. The van der Waals surface area contributed by atoms with Gasteiger partial charge in [0.15, 0.2) is 0 Å². The first kappa shape index (κ1) is 14.4. The van der Waals surface area contributed by atoms with E-state index >= 15 is 0 Å². The van der Waals surface area contributed by atoms with Crippen molar-refractivity contribution in [2.24, 2.45) is 17.1 Å². The highest BCUT2D eigenvalue weighted by molar-refractivity contribution is 5.79. The van der Waals surface area contributed by atoms with Gasteiger partial charge in [-0.3, -0.25) is 4.79 Å². The van der Waals surface area contributed by atoms with Gasteiger partial charge in [0, 0.05) is 19.6 Å². The van der Waals surface area contributed by atoms with Crippen molar-refractivity contribution in [3.63, 3.8) is 0 Å². The molecule has 1 amide bonds. The fourth-order valence-electron chi connectivity index (χ4n) is 1.55. The molecule has 0 saturated carbocycles. The molecule has 0 fully saturated rings. The highest BCUT2D eigenvalue weighted by atomic mass is 16.2. The molecule has 0 saturated heterocycles. The van der Waals surface area contributed by atoms with Crippen molar-refractivity contribution in [1.82, 2.24) is 4.90 Å². The third kappa shape index (κ3) is 5.17. The Morgan fingerprint density at radius 3 is 2.07 bits per heavy atom. The maximum Gasteiger partial charge on any atom is 0.226 e. The fraction of sp³-hybridized carbons (Fsp3) is 0.917. The molecule has 1 atom stereocenters. The molecule has 15 heavy (non-hydrogen) atoms. The van der Waals surface area contributed by atoms with Crippen molar-refractivity contribution < 1.29 is 4.79 Å². The topological polar surface area (TPSA) is 46.3 Å². The maximum atomic E-state index is 12.0. The summed E-state index contributed by atoms with van der Waals surface area (Å²) in [5.41, 5.74) is 5.82. The number of hydrogen-bond donors (Lipinski definition) is 1. The molecular formula is C12H26N2O. The molecule has 0 aliphatic heterocycles. The van der Waals surface area contributed by atoms with E-state index in [0.29, 0.717) is 6.54 Å². The van der Waals surface area contributed by atoms with Gasteiger partial charge >= 0.3 is 0 Å². The summed E-state index contributed by atoms with van der Waals surface area (Å²) in [6, 6.07) is 0.242. The molecule has 0 aromatic heterocycles. The van der Waals surface area contributed by atoms with Gasteiger partial charge in [0.05, 0.1) is 5.92 Å². The lowest BCUT2D eigenvalue weighted by molar-refractivity contribution is -0.136. The van der Waals surface area contributed by atoms with Gasteiger partial charge < -0.3 is 10.6 Å². The Labute approximate surface area is 94.0 Å². The van der Waals surface area contributed by atoms with Crippen molar-refractivity contribution in [3.8, 4) is 0 Å². The molecule has 0 aliphatic rings. The molecule has 90 valence electrons. The Morgan fingerprint density at radius 2 is 1.80 bits per heavy atom. The quantitative estimate of drug-likeness (QED) is 0.776. The number of hydrogen-bond acceptors (Lipinski definition) is 2. The molecule has 0 spiro atoms. The van der Waals surface area contributed by atoms with Crippen LogP contribution < -0.4 is 5.73 Å². The fourth-order valence-corrected chi connectivity index (χ4v) is 1.55. The van der Waals surface area contributed by atoms with Crippen molar-refractivity contribution >= 4 is 5.91 Å². The number of carbonyl (C=O) groups is 1. The van der Waals surface area contributed by atoms with Crippen molar-refractivity contribution in [2.75, 3.05) is 13.6 Å². The van der Waals surface area contributed by atoms with Gasteiger partial charge in [-0.05, 0) is 25.7 Å². The summed E-state index contributed by atoms with van der Waals surface area (Å²) in [7, 11) is 1.85. The Kier molecular flexibility index (Phi) is 5.29. The molecule has 3 nitrogen and oxygen atoms in total. The van der Waals surface area contributed by atoms with Gasteiger partial charge in [-0.1, -0.05) is 20.8 Å². The first-order valence-electron chi connectivity index (χ1n) is 5.65. The molecule has 0 aromatic rings. The molecule has 0 radical (unpaired) electrons. The van der Waals surface area contributed by atoms with Gasteiger partial charge in [-0.25, -0.2) is 0 Å². The van der Waals surface area contributed by atoms with E-state index in [2.05, 4.69) is 20.8 Å². The SMILES string of the molecule is CC(C)N(C)C(=O)C(CN)CC(C)(C)C. The van der Waals surface area contributed by atoms with Crippen LogP contribution in [0.5, 0.6) is 0 Å². The van der Waals surface area contributed by atoms with E-state index in [1.54, 1.807) is 4.90 Å². The second-order valence-corrected chi connectivity index (χ2v) is 5.74. The van der Waals surface area contributed by atoms with Crippen LogP contribution in [0.1, 0.15) is 41.0 Å². The maximum absolute atomic E-state index is 12.0. The third-order valence-electron chi connectivity index (χ3n) is 2.61. The van der Waals surface area contributed by atoms with E-state index in [1.807, 2.05) is 20.9 Å². The minimum absolute atomic E-state index is 0.0441. The smallest absolute Gasteiger partial charge is 0.226 e. The lowest BCUT2D eigenvalue weighted by atomic mass is 9.84. The van der Waals surface area contributed by atoms with E-state index in [-0.39, 0.29) is 23.3 Å². The minimum atomic E-state index is -0.0441. The monoisotopic (exact) mass is 214 g/mol. The Balaban J connectivity index is 4.48. The second-order valence-electron chi connectivity index (χ2n) is 5.74. The van der Waals surface area contributed by atoms with E-state index in [9.17, 15) is 4.79 Å². The summed E-state index contributed by atoms with van der Waals surface area (Å²) in [5.74, 6) is 0.125. The molecule has 1 unspecified atom stereocenters. The average Bonchev–Trinajstić information content (AvgIpc) is 2.10. The van der Waals surface area contributed by atoms with Gasteiger partial charge in [0.1, 0.15) is 0 Å². The largest absolute Gasteiger partial charge is 0.343 e. The van der Waals surface area contributed by atoms with E-state index in [0.717, 1.165) is 6.42 Å². The van der Waals surface area contributed by atoms with Crippen LogP contribution >= 0.6 is 0 Å². The van der Waals surface area contributed by atoms with Gasteiger partial charge in [-0.15, -0.1) is 0 Å². The zero-order chi connectivity index (χ0) is 12.2. The highest BCUT2D eigenvalue weighted by Gasteiger charge is 2.26. The van der Waals surface area contributed by atoms with Crippen LogP contribution in [0, 0.1) is 11.3 Å². The first-order chi connectivity index (χ1) is 6.69. The van der Waals surface area contributed by atoms with Gasteiger partial charge in [0.25, 0.3) is 0 Å². The van der Waals surface area contributed by atoms with E-state index in [1.165, 1.54) is 0 Å². The summed E-state index contributed by atoms with van der Waals surface area (Å²) < 4.78 is 0. The summed E-state index contributed by atoms with van der Waals surface area (Å²) in [5, 5.41) is 0. The van der Waals surface area contributed by atoms with Gasteiger partial charge in [-0.2, -0.15) is 0 Å². The molecule has 0 aromatic carbocycles. The summed E-state index contributed by atoms with van der Waals surface area (Å²) >= 11 is 0. The van der Waals surface area contributed by atoms with Crippen LogP contribution in [0.2, 0.25) is 0 Å². The van der Waals surface area contributed by atoms with Crippen molar-refractivity contribution in [3.05, 3.63) is 0 Å². The molecule has 0 aliphatic carbocycles. The summed E-state index contributed by atoms with van der Waals surface area (Å²) in [6.07, 6.45) is 0.847. The molecule has 0 rings (SSSR count). The van der Waals surface area contributed by atoms with Crippen LogP contribution in [0.3, 0.4) is 0 Å². The van der Waals surface area contributed by atoms with Crippen LogP contribution in [-0.2, 0) is 4.79 Å². The second kappa shape index (κ2) is 5.50. The van der Waals surface area contributed by atoms with Crippen molar-refractivity contribution in [2.45, 2.75) is 47.1 Å². The van der Waals surface area contributed by atoms with Crippen LogP contribution in [0.25, 0.3) is 0 Å². The predicted octanol–water partition coefficient (Wildman–Crippen LogP) is 1.86. The number of nitrogens with two attached hydrogens (primary N) is 1. The number of nitrogens with zero attached hydrogens (tertiary/aromatic N) is 1. The van der Waals surface area contributed by atoms with Crippen LogP contribution in [0.4, 0.5) is 0 Å². The normalized spacial score (nSPS) is 14.1. The van der Waals surface area contributed by atoms with Gasteiger partial charge in [0.2, 0.25) is 5.91 Å². The molecule has 3 heteroatoms. The Bertz CT molecular complexity index is 206. The first-order valence-corrected chi connectivity index (χ1v) is 5.65. The van der Waals surface area contributed by atoms with Crippen molar-refractivity contribution in [1.29, 1.82) is 0 Å². The number of rotatable bonds is 4. The Morgan fingerprint density at radius 1 is 1.33 bits per heavy atom. The summed E-state index contributed by atoms with van der Waals surface area (Å²) in [6.45, 7) is 10.9. The molecule has 0 bridgehead atoms. The highest BCUT2D eigenvalue weighted by Crippen LogP contribution is 2.25. The van der Waals surface area contributed by atoms with Crippen LogP contribution in [0.15, 0.2) is 0 Å².